The van der Waals surface area contributed by atoms with Crippen molar-refractivity contribution in [3.05, 3.63) is 81.1 Å². The molecule has 8 heteroatoms. The van der Waals surface area contributed by atoms with Crippen molar-refractivity contribution in [3.8, 4) is 5.75 Å². The number of aryl methyl sites for hydroxylation is 1. The van der Waals surface area contributed by atoms with Gasteiger partial charge in [0.2, 0.25) is 0 Å². The minimum absolute atomic E-state index is 0.103. The van der Waals surface area contributed by atoms with Crippen molar-refractivity contribution in [2.24, 2.45) is 11.3 Å². The second kappa shape index (κ2) is 13.4. The third-order valence-corrected chi connectivity index (χ3v) is 10.5. The summed E-state index contributed by atoms with van der Waals surface area (Å²) in [7, 11) is 1.69. The summed E-state index contributed by atoms with van der Waals surface area (Å²) in [6, 6.07) is 14.6. The van der Waals surface area contributed by atoms with Gasteiger partial charge in [-0.3, -0.25) is 9.69 Å². The third-order valence-electron chi connectivity index (χ3n) is 9.24. The molecule has 3 atom stereocenters. The Morgan fingerprint density at radius 1 is 1.14 bits per heavy atom. The molecule has 2 aliphatic rings. The lowest BCUT2D eigenvalue weighted by Gasteiger charge is -2.36. The first kappa shape index (κ1) is 31.6. The lowest BCUT2D eigenvalue weighted by atomic mass is 9.85. The first-order chi connectivity index (χ1) is 20.5. The molecule has 2 saturated heterocycles. The van der Waals surface area contributed by atoms with Gasteiger partial charge in [0, 0.05) is 36.9 Å². The van der Waals surface area contributed by atoms with E-state index in [0.717, 1.165) is 56.6 Å². The van der Waals surface area contributed by atoms with Crippen molar-refractivity contribution in [1.29, 1.82) is 0 Å². The first-order valence-corrected chi connectivity index (χ1v) is 16.4. The van der Waals surface area contributed by atoms with Crippen LogP contribution in [0, 0.1) is 17.2 Å². The molecule has 0 amide bonds. The van der Waals surface area contributed by atoms with Crippen molar-refractivity contribution < 1.29 is 19.0 Å². The Morgan fingerprint density at radius 3 is 2.47 bits per heavy atom. The molecule has 0 spiro atoms. The number of ether oxygens (including phenoxy) is 1. The molecular weight excluding hydrogens is 561 g/mol. The molecule has 0 aliphatic carbocycles. The molecule has 2 fully saturated rings. The Morgan fingerprint density at radius 2 is 1.86 bits per heavy atom. The standard InChI is InChI=1S/C35H46FN3O3S/c1-6-30-32(43-31(37-30)18-23-10-12-28(42-5)13-11-23)24-14-16-38(17-15-24)20-26-21-39(33(34(40)41)35(2,3)4)22-29(26)25-8-7-9-27(36)19-25/h7-13,19,24,26,29,33H,6,14-18,20-22H2,1-5H3,(H,40,41)/t26-,29+,33-/m0/s1. The second-order valence-corrected chi connectivity index (χ2v) is 14.5. The Labute approximate surface area is 259 Å². The predicted octanol–water partition coefficient (Wildman–Crippen LogP) is 6.84. The topological polar surface area (TPSA) is 65.9 Å². The van der Waals surface area contributed by atoms with Crippen molar-refractivity contribution in [2.75, 3.05) is 39.8 Å². The van der Waals surface area contributed by atoms with Gasteiger partial charge in [-0.2, -0.15) is 0 Å². The highest BCUT2D eigenvalue weighted by Crippen LogP contribution is 2.40. The van der Waals surface area contributed by atoms with Crippen LogP contribution in [0.4, 0.5) is 4.39 Å². The van der Waals surface area contributed by atoms with Crippen LogP contribution in [-0.2, 0) is 17.6 Å². The van der Waals surface area contributed by atoms with E-state index in [4.69, 9.17) is 9.72 Å². The number of piperidine rings is 1. The molecule has 0 saturated carbocycles. The molecule has 0 bridgehead atoms. The Hall–Kier alpha value is -2.81. The summed E-state index contributed by atoms with van der Waals surface area (Å²) in [6.45, 7) is 12.4. The number of likely N-dealkylation sites (tertiary alicyclic amines) is 2. The zero-order chi connectivity index (χ0) is 30.7. The fourth-order valence-corrected chi connectivity index (χ4v) is 8.54. The fourth-order valence-electron chi connectivity index (χ4n) is 7.18. The number of halogens is 1. The summed E-state index contributed by atoms with van der Waals surface area (Å²) in [5.41, 5.74) is 3.06. The molecule has 3 heterocycles. The zero-order valence-corrected chi connectivity index (χ0v) is 27.0. The number of benzene rings is 2. The van der Waals surface area contributed by atoms with Crippen molar-refractivity contribution in [3.63, 3.8) is 0 Å². The lowest BCUT2D eigenvalue weighted by molar-refractivity contribution is -0.147. The molecule has 5 rings (SSSR count). The number of rotatable bonds is 10. The Kier molecular flexibility index (Phi) is 9.89. The number of hydrogen-bond donors (Lipinski definition) is 1. The number of carboxylic acids is 1. The number of thiazole rings is 1. The summed E-state index contributed by atoms with van der Waals surface area (Å²) < 4.78 is 19.6. The van der Waals surface area contributed by atoms with Gasteiger partial charge in [0.05, 0.1) is 17.8 Å². The van der Waals surface area contributed by atoms with Crippen LogP contribution in [0.1, 0.15) is 79.1 Å². The van der Waals surface area contributed by atoms with E-state index in [1.54, 1.807) is 19.2 Å². The predicted molar refractivity (Wildman–Crippen MR) is 171 cm³/mol. The van der Waals surface area contributed by atoms with Gasteiger partial charge >= 0.3 is 5.97 Å². The van der Waals surface area contributed by atoms with Crippen LogP contribution in [0.25, 0.3) is 0 Å². The highest BCUT2D eigenvalue weighted by Gasteiger charge is 2.44. The van der Waals surface area contributed by atoms with Gasteiger partial charge in [-0.15, -0.1) is 11.3 Å². The van der Waals surface area contributed by atoms with E-state index in [2.05, 4.69) is 28.9 Å². The highest BCUT2D eigenvalue weighted by molar-refractivity contribution is 7.11. The fraction of sp³-hybridized carbons (Fsp3) is 0.543. The molecule has 2 aliphatic heterocycles. The van der Waals surface area contributed by atoms with E-state index in [-0.39, 0.29) is 17.7 Å². The Balaban J connectivity index is 1.26. The van der Waals surface area contributed by atoms with E-state index in [9.17, 15) is 14.3 Å². The number of aromatic nitrogens is 1. The van der Waals surface area contributed by atoms with Crippen LogP contribution in [0.5, 0.6) is 5.75 Å². The van der Waals surface area contributed by atoms with Gasteiger partial charge in [0.1, 0.15) is 17.6 Å². The monoisotopic (exact) mass is 607 g/mol. The molecule has 6 nitrogen and oxygen atoms in total. The average molecular weight is 608 g/mol. The number of aliphatic carboxylic acids is 1. The lowest BCUT2D eigenvalue weighted by Crippen LogP contribution is -2.48. The Bertz CT molecular complexity index is 1380. The largest absolute Gasteiger partial charge is 0.497 e. The second-order valence-electron chi connectivity index (χ2n) is 13.4. The third kappa shape index (κ3) is 7.47. The van der Waals surface area contributed by atoms with Crippen molar-refractivity contribution in [2.45, 2.75) is 71.3 Å². The summed E-state index contributed by atoms with van der Waals surface area (Å²) in [4.78, 5) is 23.5. The first-order valence-electron chi connectivity index (χ1n) is 15.6. The van der Waals surface area contributed by atoms with Crippen LogP contribution in [0.2, 0.25) is 0 Å². The average Bonchev–Trinajstić information content (AvgIpc) is 3.56. The molecule has 0 radical (unpaired) electrons. The van der Waals surface area contributed by atoms with Gasteiger partial charge in [0.25, 0.3) is 0 Å². The van der Waals surface area contributed by atoms with Crippen LogP contribution in [0.15, 0.2) is 48.5 Å². The molecule has 2 aromatic carbocycles. The maximum atomic E-state index is 14.3. The molecule has 232 valence electrons. The quantitative estimate of drug-likeness (QED) is 0.272. The van der Waals surface area contributed by atoms with Crippen LogP contribution >= 0.6 is 11.3 Å². The van der Waals surface area contributed by atoms with Crippen LogP contribution in [-0.4, -0.2) is 71.7 Å². The molecule has 0 unspecified atom stereocenters. The van der Waals surface area contributed by atoms with E-state index < -0.39 is 17.4 Å². The summed E-state index contributed by atoms with van der Waals surface area (Å²) in [5, 5.41) is 11.3. The summed E-state index contributed by atoms with van der Waals surface area (Å²) in [5.74, 6) is 0.718. The van der Waals surface area contributed by atoms with Gasteiger partial charge in [-0.25, -0.2) is 9.37 Å². The van der Waals surface area contributed by atoms with Crippen molar-refractivity contribution >= 4 is 17.3 Å². The van der Waals surface area contributed by atoms with E-state index >= 15 is 0 Å². The summed E-state index contributed by atoms with van der Waals surface area (Å²) >= 11 is 1.88. The summed E-state index contributed by atoms with van der Waals surface area (Å²) in [6.07, 6.45) is 3.97. The van der Waals surface area contributed by atoms with Gasteiger partial charge < -0.3 is 14.7 Å². The van der Waals surface area contributed by atoms with E-state index in [1.807, 2.05) is 50.3 Å². The number of carbonyl (C=O) groups is 1. The van der Waals surface area contributed by atoms with Gasteiger partial charge in [-0.1, -0.05) is 52.0 Å². The smallest absolute Gasteiger partial charge is 0.321 e. The van der Waals surface area contributed by atoms with E-state index in [1.165, 1.54) is 27.2 Å². The van der Waals surface area contributed by atoms with Crippen molar-refractivity contribution in [1.82, 2.24) is 14.8 Å². The number of nitrogens with zero attached hydrogens (tertiary/aromatic N) is 3. The maximum absolute atomic E-state index is 14.3. The number of hydrogen-bond acceptors (Lipinski definition) is 6. The number of methoxy groups -OCH3 is 1. The molecular formula is C35H46FN3O3S. The highest BCUT2D eigenvalue weighted by atomic mass is 32.1. The van der Waals surface area contributed by atoms with Crippen LogP contribution in [0.3, 0.4) is 0 Å². The molecule has 1 N–H and O–H groups in total. The minimum Gasteiger partial charge on any atom is -0.497 e. The molecule has 1 aromatic heterocycles. The number of carboxylic acid groups (broad SMARTS) is 1. The van der Waals surface area contributed by atoms with Gasteiger partial charge in [-0.05, 0) is 85.0 Å². The van der Waals surface area contributed by atoms with Gasteiger partial charge in [0.15, 0.2) is 0 Å². The zero-order valence-electron chi connectivity index (χ0n) is 26.2. The normalized spacial score (nSPS) is 21.3. The van der Waals surface area contributed by atoms with E-state index in [0.29, 0.717) is 19.0 Å². The SMILES string of the molecule is CCc1nc(Cc2ccc(OC)cc2)sc1C1CCN(C[C@H]2CN([C@@H](C(=O)O)C(C)(C)C)C[C@@H]2c2cccc(F)c2)CC1. The molecule has 43 heavy (non-hydrogen) atoms. The van der Waals surface area contributed by atoms with Crippen LogP contribution < -0.4 is 4.74 Å². The maximum Gasteiger partial charge on any atom is 0.321 e. The minimum atomic E-state index is -0.783. The molecule has 3 aromatic rings.